The Bertz CT molecular complexity index is 1760. The predicted molar refractivity (Wildman–Crippen MR) is 156 cm³/mol. The van der Waals surface area contributed by atoms with Crippen molar-refractivity contribution in [3.8, 4) is 11.3 Å². The molecule has 1 spiro atoms. The zero-order valence-corrected chi connectivity index (χ0v) is 22.8. The van der Waals surface area contributed by atoms with Crippen LogP contribution in [0.2, 0.25) is 0 Å². The number of hydrogen-bond acceptors (Lipinski definition) is 4. The van der Waals surface area contributed by atoms with Crippen LogP contribution >= 0.6 is 0 Å². The molecular weight excluding hydrogens is 478 g/mol. The van der Waals surface area contributed by atoms with Crippen LogP contribution < -0.4 is 0 Å². The van der Waals surface area contributed by atoms with Gasteiger partial charge in [-0.2, -0.15) is 0 Å². The van der Waals surface area contributed by atoms with Crippen LogP contribution in [-0.4, -0.2) is 34.2 Å². The molecule has 192 valence electrons. The Morgan fingerprint density at radius 3 is 2.18 bits per heavy atom. The van der Waals surface area contributed by atoms with Gasteiger partial charge in [0, 0.05) is 23.6 Å². The Hall–Kier alpha value is -4.15. The lowest BCUT2D eigenvalue weighted by Gasteiger charge is -2.38. The van der Waals surface area contributed by atoms with Crippen LogP contribution in [0.5, 0.6) is 0 Å². The fraction of sp³-hybridized carbons (Fsp3) is 0.229. The lowest BCUT2D eigenvalue weighted by atomic mass is 9.70. The third-order valence-corrected chi connectivity index (χ3v) is 9.00. The lowest BCUT2D eigenvalue weighted by molar-refractivity contribution is 0.0807. The number of Topliss-reactive ketones (excluding diaryl/α,β-unsaturated/α-hetero) is 1. The third kappa shape index (κ3) is 3.38. The Morgan fingerprint density at radius 1 is 0.821 bits per heavy atom. The molecule has 39 heavy (non-hydrogen) atoms. The molecule has 1 aliphatic heterocycles. The lowest BCUT2D eigenvalue weighted by Crippen LogP contribution is -2.46. The zero-order chi connectivity index (χ0) is 26.9. The van der Waals surface area contributed by atoms with E-state index in [2.05, 4.69) is 93.4 Å². The van der Waals surface area contributed by atoms with Gasteiger partial charge in [0.2, 0.25) is 0 Å². The molecule has 2 aliphatic rings. The summed E-state index contributed by atoms with van der Waals surface area (Å²) >= 11 is 0. The number of hydrogen-bond donors (Lipinski definition) is 0. The number of aromatic nitrogens is 2. The number of likely N-dealkylation sites (tertiary alicyclic amines) is 1. The van der Waals surface area contributed by atoms with Crippen LogP contribution in [0.25, 0.3) is 22.3 Å². The molecule has 4 nitrogen and oxygen atoms in total. The molecule has 1 saturated heterocycles. The van der Waals surface area contributed by atoms with E-state index in [1.165, 1.54) is 22.3 Å². The Balaban J connectivity index is 1.55. The number of benzene rings is 4. The van der Waals surface area contributed by atoms with Crippen molar-refractivity contribution in [2.45, 2.75) is 32.2 Å². The highest BCUT2D eigenvalue weighted by molar-refractivity contribution is 6.01. The van der Waals surface area contributed by atoms with Crippen LogP contribution in [0.15, 0.2) is 91.0 Å². The smallest absolute Gasteiger partial charge is 0.169 e. The first kappa shape index (κ1) is 23.9. The van der Waals surface area contributed by atoms with Gasteiger partial charge >= 0.3 is 0 Å². The highest BCUT2D eigenvalue weighted by Crippen LogP contribution is 2.60. The van der Waals surface area contributed by atoms with Crippen molar-refractivity contribution in [3.05, 3.63) is 130 Å². The van der Waals surface area contributed by atoms with Crippen molar-refractivity contribution in [2.75, 3.05) is 13.6 Å². The SMILES string of the molecule is Cc1ccc([C@H]2CN(C)C3(c4ccccc4-c4nc5cc(C)c(C)cc5nc43)[C@@H]2C(=O)c2ccccc2)cc1. The molecule has 5 aromatic rings. The van der Waals surface area contributed by atoms with Crippen molar-refractivity contribution >= 4 is 16.8 Å². The van der Waals surface area contributed by atoms with Gasteiger partial charge < -0.3 is 0 Å². The maximum absolute atomic E-state index is 14.7. The molecule has 0 saturated carbocycles. The zero-order valence-electron chi connectivity index (χ0n) is 22.8. The van der Waals surface area contributed by atoms with E-state index in [1.807, 2.05) is 30.3 Å². The second kappa shape index (κ2) is 8.69. The third-order valence-electron chi connectivity index (χ3n) is 9.00. The van der Waals surface area contributed by atoms with Gasteiger partial charge in [0.05, 0.1) is 28.3 Å². The number of likely N-dealkylation sites (N-methyl/N-ethyl adjacent to an activating group) is 1. The van der Waals surface area contributed by atoms with E-state index < -0.39 is 5.54 Å². The van der Waals surface area contributed by atoms with Crippen molar-refractivity contribution in [1.82, 2.24) is 14.9 Å². The normalized spacial score (nSPS) is 21.8. The van der Waals surface area contributed by atoms with Gasteiger partial charge in [-0.05, 0) is 62.2 Å². The first-order valence-corrected chi connectivity index (χ1v) is 13.7. The van der Waals surface area contributed by atoms with Crippen molar-refractivity contribution in [1.29, 1.82) is 0 Å². The summed E-state index contributed by atoms with van der Waals surface area (Å²) in [6.45, 7) is 7.08. The quantitative estimate of drug-likeness (QED) is 0.246. The minimum Gasteiger partial charge on any atom is -0.294 e. The second-order valence-electron chi connectivity index (χ2n) is 11.3. The maximum atomic E-state index is 14.7. The number of rotatable bonds is 3. The largest absolute Gasteiger partial charge is 0.294 e. The average molecular weight is 510 g/mol. The molecule has 0 bridgehead atoms. The monoisotopic (exact) mass is 509 g/mol. The van der Waals surface area contributed by atoms with Gasteiger partial charge in [0.25, 0.3) is 0 Å². The maximum Gasteiger partial charge on any atom is 0.169 e. The first-order valence-electron chi connectivity index (χ1n) is 13.7. The molecule has 2 heterocycles. The van der Waals surface area contributed by atoms with Crippen LogP contribution in [0.1, 0.15) is 49.8 Å². The number of aryl methyl sites for hydroxylation is 3. The summed E-state index contributed by atoms with van der Waals surface area (Å²) < 4.78 is 0. The molecule has 1 aliphatic carbocycles. The van der Waals surface area contributed by atoms with E-state index in [0.29, 0.717) is 0 Å². The van der Waals surface area contributed by atoms with Crippen LogP contribution in [0.4, 0.5) is 0 Å². The molecule has 1 unspecified atom stereocenters. The van der Waals surface area contributed by atoms with E-state index in [0.717, 1.165) is 45.7 Å². The Morgan fingerprint density at radius 2 is 1.46 bits per heavy atom. The van der Waals surface area contributed by atoms with Crippen LogP contribution in [-0.2, 0) is 5.54 Å². The molecule has 1 fully saturated rings. The molecule has 4 aromatic carbocycles. The predicted octanol–water partition coefficient (Wildman–Crippen LogP) is 7.01. The molecule has 1 aromatic heterocycles. The molecule has 3 atom stereocenters. The molecule has 0 amide bonds. The standard InChI is InChI=1S/C35H31N3O/c1-21-14-16-24(17-15-21)27-20-38(4)35(31(27)33(39)25-10-6-5-7-11-25)28-13-9-8-12-26(28)32-34(35)37-30-19-23(3)22(2)18-29(30)36-32/h5-19,27,31H,20H2,1-4H3/t27-,31+,35?/m1/s1. The fourth-order valence-corrected chi connectivity index (χ4v) is 6.95. The van der Waals surface area contributed by atoms with E-state index in [-0.39, 0.29) is 17.6 Å². The van der Waals surface area contributed by atoms with E-state index in [9.17, 15) is 4.79 Å². The summed E-state index contributed by atoms with van der Waals surface area (Å²) in [4.78, 5) is 27.7. The molecular formula is C35H31N3O. The minimum absolute atomic E-state index is 0.000405. The average Bonchev–Trinajstić information content (AvgIpc) is 3.41. The van der Waals surface area contributed by atoms with Crippen molar-refractivity contribution < 1.29 is 4.79 Å². The number of carbonyl (C=O) groups excluding carboxylic acids is 1. The van der Waals surface area contributed by atoms with Gasteiger partial charge in [0.1, 0.15) is 5.54 Å². The highest BCUT2D eigenvalue weighted by atomic mass is 16.1. The van der Waals surface area contributed by atoms with Crippen molar-refractivity contribution in [2.24, 2.45) is 5.92 Å². The van der Waals surface area contributed by atoms with Gasteiger partial charge in [-0.1, -0.05) is 84.4 Å². The van der Waals surface area contributed by atoms with Crippen molar-refractivity contribution in [3.63, 3.8) is 0 Å². The number of nitrogens with zero attached hydrogens (tertiary/aromatic N) is 3. The fourth-order valence-electron chi connectivity index (χ4n) is 6.95. The van der Waals surface area contributed by atoms with E-state index in [1.54, 1.807) is 0 Å². The van der Waals surface area contributed by atoms with Gasteiger partial charge in [0.15, 0.2) is 5.78 Å². The summed E-state index contributed by atoms with van der Waals surface area (Å²) in [6.07, 6.45) is 0. The molecule has 0 N–H and O–H groups in total. The van der Waals surface area contributed by atoms with Gasteiger partial charge in [-0.25, -0.2) is 9.97 Å². The van der Waals surface area contributed by atoms with E-state index in [4.69, 9.17) is 9.97 Å². The Kier molecular flexibility index (Phi) is 5.33. The first-order chi connectivity index (χ1) is 18.9. The topological polar surface area (TPSA) is 46.1 Å². The summed E-state index contributed by atoms with van der Waals surface area (Å²) in [5, 5.41) is 0. The van der Waals surface area contributed by atoms with E-state index >= 15 is 0 Å². The molecule has 4 heteroatoms. The second-order valence-corrected chi connectivity index (χ2v) is 11.3. The molecule has 7 rings (SSSR count). The number of carbonyl (C=O) groups is 1. The van der Waals surface area contributed by atoms with Gasteiger partial charge in [-0.15, -0.1) is 0 Å². The summed E-state index contributed by atoms with van der Waals surface area (Å²) in [5.41, 5.74) is 10.5. The number of fused-ring (bicyclic) bond motifs is 6. The van der Waals surface area contributed by atoms with Crippen LogP contribution in [0, 0.1) is 26.7 Å². The molecule has 0 radical (unpaired) electrons. The summed E-state index contributed by atoms with van der Waals surface area (Å²) in [7, 11) is 2.15. The minimum atomic E-state index is -0.728. The van der Waals surface area contributed by atoms with Crippen LogP contribution in [0.3, 0.4) is 0 Å². The Labute approximate surface area is 229 Å². The van der Waals surface area contributed by atoms with Gasteiger partial charge in [-0.3, -0.25) is 9.69 Å². The number of ketones is 1. The summed E-state index contributed by atoms with van der Waals surface area (Å²) in [6, 6.07) is 31.2. The highest BCUT2D eigenvalue weighted by Gasteiger charge is 2.62. The summed E-state index contributed by atoms with van der Waals surface area (Å²) in [5.74, 6) is -0.219.